The molecule has 0 saturated carbocycles. The number of carbonyl (C=O) groups is 1. The molecule has 3 N–H and O–H groups in total. The van der Waals surface area contributed by atoms with Gasteiger partial charge in [-0.2, -0.15) is 0 Å². The topological polar surface area (TPSA) is 72.5 Å². The molecule has 1 atom stereocenters. The van der Waals surface area contributed by atoms with E-state index >= 15 is 0 Å². The zero-order valence-corrected chi connectivity index (χ0v) is 14.0. The van der Waals surface area contributed by atoms with Gasteiger partial charge in [0.2, 0.25) is 0 Å². The van der Waals surface area contributed by atoms with Gasteiger partial charge in [0.15, 0.2) is 0 Å². The number of hydrogen-bond donors (Lipinski definition) is 2. The summed E-state index contributed by atoms with van der Waals surface area (Å²) in [5.74, 6) is -0.851. The van der Waals surface area contributed by atoms with Gasteiger partial charge in [-0.25, -0.2) is 4.79 Å². The molecule has 0 amide bonds. The molecule has 4 nitrogen and oxygen atoms in total. The van der Waals surface area contributed by atoms with Crippen molar-refractivity contribution >= 4 is 23.3 Å². The Morgan fingerprint density at radius 1 is 0.960 bits per heavy atom. The van der Waals surface area contributed by atoms with Crippen molar-refractivity contribution in [3.05, 3.63) is 94.5 Å². The molecule has 0 aliphatic rings. The second-order valence-corrected chi connectivity index (χ2v) is 5.96. The van der Waals surface area contributed by atoms with Crippen LogP contribution in [0.25, 0.3) is 0 Å². The Bertz CT molecular complexity index is 896. The molecular weight excluding hydrogens is 338 g/mol. The van der Waals surface area contributed by atoms with Gasteiger partial charge in [-0.3, -0.25) is 0 Å². The summed E-state index contributed by atoms with van der Waals surface area (Å²) in [4.78, 5) is 11.5. The van der Waals surface area contributed by atoms with E-state index in [-0.39, 0.29) is 11.3 Å². The normalized spacial score (nSPS) is 11.7. The number of aromatic carboxylic acids is 1. The highest BCUT2D eigenvalue weighted by molar-refractivity contribution is 6.30. The summed E-state index contributed by atoms with van der Waals surface area (Å²) in [5.41, 5.74) is 7.80. The first-order valence-corrected chi connectivity index (χ1v) is 8.02. The predicted molar refractivity (Wildman–Crippen MR) is 98.2 cm³/mol. The predicted octanol–water partition coefficient (Wildman–Crippen LogP) is 4.79. The molecule has 0 bridgehead atoms. The van der Waals surface area contributed by atoms with Crippen molar-refractivity contribution in [2.24, 2.45) is 0 Å². The van der Waals surface area contributed by atoms with Gasteiger partial charge in [0.1, 0.15) is 17.4 Å². The molecule has 0 heterocycles. The van der Waals surface area contributed by atoms with Crippen molar-refractivity contribution < 1.29 is 14.6 Å². The van der Waals surface area contributed by atoms with E-state index in [0.717, 1.165) is 11.1 Å². The number of carboxylic acid groups (broad SMARTS) is 1. The van der Waals surface area contributed by atoms with Crippen LogP contribution in [0, 0.1) is 0 Å². The van der Waals surface area contributed by atoms with Gasteiger partial charge >= 0.3 is 5.97 Å². The van der Waals surface area contributed by atoms with Gasteiger partial charge in [-0.05, 0) is 41.5 Å². The van der Waals surface area contributed by atoms with Gasteiger partial charge in [0, 0.05) is 10.7 Å². The lowest BCUT2D eigenvalue weighted by Crippen LogP contribution is -2.12. The Morgan fingerprint density at radius 2 is 1.68 bits per heavy atom. The smallest absolute Gasteiger partial charge is 0.339 e. The van der Waals surface area contributed by atoms with Crippen LogP contribution in [0.3, 0.4) is 0 Å². The maximum Gasteiger partial charge on any atom is 0.339 e. The van der Waals surface area contributed by atoms with E-state index < -0.39 is 12.1 Å². The number of halogens is 1. The SMILES string of the molecule is Nc1ccc(OC(c2ccccc2)c2cccc(Cl)c2)c(C(=O)O)c1. The number of ether oxygens (including phenoxy) is 1. The van der Waals surface area contributed by atoms with Crippen LogP contribution in [0.5, 0.6) is 5.75 Å². The van der Waals surface area contributed by atoms with Crippen molar-refractivity contribution in [2.45, 2.75) is 6.10 Å². The summed E-state index contributed by atoms with van der Waals surface area (Å²) in [6, 6.07) is 21.4. The van der Waals surface area contributed by atoms with E-state index in [0.29, 0.717) is 10.7 Å². The summed E-state index contributed by atoms with van der Waals surface area (Å²) < 4.78 is 6.09. The Labute approximate surface area is 150 Å². The van der Waals surface area contributed by atoms with Gasteiger partial charge in [0.25, 0.3) is 0 Å². The molecule has 5 heteroatoms. The lowest BCUT2D eigenvalue weighted by molar-refractivity contribution is 0.0690. The zero-order valence-electron chi connectivity index (χ0n) is 13.2. The number of benzene rings is 3. The minimum atomic E-state index is -1.10. The largest absolute Gasteiger partial charge is 0.480 e. The highest BCUT2D eigenvalue weighted by atomic mass is 35.5. The van der Waals surface area contributed by atoms with Gasteiger partial charge in [0.05, 0.1) is 0 Å². The van der Waals surface area contributed by atoms with Crippen LogP contribution in [0.1, 0.15) is 27.6 Å². The molecule has 0 fully saturated rings. The minimum Gasteiger partial charge on any atom is -0.480 e. The van der Waals surface area contributed by atoms with Crippen molar-refractivity contribution in [3.63, 3.8) is 0 Å². The van der Waals surface area contributed by atoms with Crippen LogP contribution < -0.4 is 10.5 Å². The monoisotopic (exact) mass is 353 g/mol. The van der Waals surface area contributed by atoms with Crippen LogP contribution in [-0.2, 0) is 0 Å². The number of nitrogen functional groups attached to an aromatic ring is 1. The van der Waals surface area contributed by atoms with E-state index in [1.807, 2.05) is 42.5 Å². The molecule has 3 aromatic carbocycles. The third-order valence-corrected chi connectivity index (χ3v) is 3.97. The summed E-state index contributed by atoms with van der Waals surface area (Å²) >= 11 is 6.12. The van der Waals surface area contributed by atoms with E-state index in [1.165, 1.54) is 6.07 Å². The quantitative estimate of drug-likeness (QED) is 0.647. The molecule has 3 rings (SSSR count). The van der Waals surface area contributed by atoms with E-state index in [9.17, 15) is 9.90 Å². The first-order valence-electron chi connectivity index (χ1n) is 7.64. The van der Waals surface area contributed by atoms with E-state index in [2.05, 4.69) is 0 Å². The van der Waals surface area contributed by atoms with Crippen molar-refractivity contribution in [1.29, 1.82) is 0 Å². The number of nitrogens with two attached hydrogens (primary N) is 1. The van der Waals surface area contributed by atoms with Gasteiger partial charge < -0.3 is 15.6 Å². The first-order chi connectivity index (χ1) is 12.0. The van der Waals surface area contributed by atoms with Crippen LogP contribution in [0.2, 0.25) is 5.02 Å². The number of rotatable bonds is 5. The molecular formula is C20H16ClNO3. The molecule has 0 aromatic heterocycles. The summed E-state index contributed by atoms with van der Waals surface area (Å²) in [5, 5.41) is 10.0. The Balaban J connectivity index is 2.06. The maximum atomic E-state index is 11.5. The number of hydrogen-bond acceptors (Lipinski definition) is 3. The average molecular weight is 354 g/mol. The van der Waals surface area contributed by atoms with Crippen LogP contribution >= 0.6 is 11.6 Å². The van der Waals surface area contributed by atoms with Crippen molar-refractivity contribution in [3.8, 4) is 5.75 Å². The molecule has 0 radical (unpaired) electrons. The second kappa shape index (κ2) is 7.28. The fourth-order valence-corrected chi connectivity index (χ4v) is 2.77. The molecule has 0 saturated heterocycles. The zero-order chi connectivity index (χ0) is 17.8. The molecule has 0 aliphatic heterocycles. The highest BCUT2D eigenvalue weighted by Crippen LogP contribution is 2.32. The second-order valence-electron chi connectivity index (χ2n) is 5.52. The molecule has 3 aromatic rings. The Morgan fingerprint density at radius 3 is 2.36 bits per heavy atom. The number of carboxylic acids is 1. The summed E-state index contributed by atoms with van der Waals surface area (Å²) in [7, 11) is 0. The first kappa shape index (κ1) is 16.9. The third kappa shape index (κ3) is 3.92. The molecule has 0 spiro atoms. The van der Waals surface area contributed by atoms with Crippen molar-refractivity contribution in [2.75, 3.05) is 5.73 Å². The molecule has 0 aliphatic carbocycles. The highest BCUT2D eigenvalue weighted by Gasteiger charge is 2.20. The Kier molecular flexibility index (Phi) is 4.91. The fourth-order valence-electron chi connectivity index (χ4n) is 2.57. The average Bonchev–Trinajstić information content (AvgIpc) is 2.61. The summed E-state index contributed by atoms with van der Waals surface area (Å²) in [6.45, 7) is 0. The van der Waals surface area contributed by atoms with Crippen LogP contribution in [-0.4, -0.2) is 11.1 Å². The fraction of sp³-hybridized carbons (Fsp3) is 0.0500. The van der Waals surface area contributed by atoms with E-state index in [1.54, 1.807) is 24.3 Å². The molecule has 1 unspecified atom stereocenters. The van der Waals surface area contributed by atoms with Crippen LogP contribution in [0.4, 0.5) is 5.69 Å². The lowest BCUT2D eigenvalue weighted by Gasteiger charge is -2.21. The Hall–Kier alpha value is -2.98. The lowest BCUT2D eigenvalue weighted by atomic mass is 10.0. The van der Waals surface area contributed by atoms with E-state index in [4.69, 9.17) is 22.1 Å². The van der Waals surface area contributed by atoms with Crippen LogP contribution in [0.15, 0.2) is 72.8 Å². The number of anilines is 1. The van der Waals surface area contributed by atoms with Gasteiger partial charge in [-0.1, -0.05) is 54.1 Å². The molecule has 126 valence electrons. The standard InChI is InChI=1S/C20H16ClNO3/c21-15-8-4-7-14(11-15)19(13-5-2-1-3-6-13)25-18-10-9-16(22)12-17(18)20(23)24/h1-12,19H,22H2,(H,23,24). The maximum absolute atomic E-state index is 11.5. The minimum absolute atomic E-state index is 0.0166. The summed E-state index contributed by atoms with van der Waals surface area (Å²) in [6.07, 6.45) is -0.498. The van der Waals surface area contributed by atoms with Crippen molar-refractivity contribution in [1.82, 2.24) is 0 Å². The molecule has 25 heavy (non-hydrogen) atoms. The van der Waals surface area contributed by atoms with Gasteiger partial charge in [-0.15, -0.1) is 0 Å². The third-order valence-electron chi connectivity index (χ3n) is 3.73.